The Balaban J connectivity index is 1.54. The topological polar surface area (TPSA) is 44.8 Å². The second-order valence-electron chi connectivity index (χ2n) is 6.79. The highest BCUT2D eigenvalue weighted by molar-refractivity contribution is 5.74. The second kappa shape index (κ2) is 8.13. The van der Waals surface area contributed by atoms with Gasteiger partial charge in [0, 0.05) is 32.7 Å². The van der Waals surface area contributed by atoms with Crippen LogP contribution in [0, 0.1) is 13.8 Å². The zero-order valence-corrected chi connectivity index (χ0v) is 15.8. The number of ether oxygens (including phenoxy) is 1. The number of amides is 2. The van der Waals surface area contributed by atoms with E-state index in [-0.39, 0.29) is 6.03 Å². The lowest BCUT2D eigenvalue weighted by molar-refractivity contribution is 0.194. The van der Waals surface area contributed by atoms with E-state index in [0.717, 1.165) is 30.1 Å². The van der Waals surface area contributed by atoms with Crippen LogP contribution in [0.1, 0.15) is 16.7 Å². The fourth-order valence-electron chi connectivity index (χ4n) is 3.19. The molecular weight excluding hydrogens is 326 g/mol. The van der Waals surface area contributed by atoms with Crippen molar-refractivity contribution in [1.82, 2.24) is 10.2 Å². The van der Waals surface area contributed by atoms with Gasteiger partial charge in [-0.25, -0.2) is 4.79 Å². The molecule has 2 aromatic rings. The van der Waals surface area contributed by atoms with Crippen molar-refractivity contribution in [2.24, 2.45) is 0 Å². The molecule has 1 heterocycles. The highest BCUT2D eigenvalue weighted by atomic mass is 16.5. The predicted octanol–water partition coefficient (Wildman–Crippen LogP) is 3.34. The zero-order chi connectivity index (χ0) is 18.5. The summed E-state index contributed by atoms with van der Waals surface area (Å²) >= 11 is 0. The van der Waals surface area contributed by atoms with E-state index in [4.69, 9.17) is 4.74 Å². The quantitative estimate of drug-likeness (QED) is 0.917. The number of rotatable bonds is 4. The summed E-state index contributed by atoms with van der Waals surface area (Å²) < 4.78 is 5.49. The van der Waals surface area contributed by atoms with Crippen LogP contribution in [0.25, 0.3) is 0 Å². The van der Waals surface area contributed by atoms with Gasteiger partial charge >= 0.3 is 6.03 Å². The van der Waals surface area contributed by atoms with Crippen molar-refractivity contribution >= 4 is 11.7 Å². The van der Waals surface area contributed by atoms with E-state index in [1.54, 1.807) is 7.11 Å². The number of hydrogen-bond donors (Lipinski definition) is 1. The molecular formula is C21H27N3O2. The van der Waals surface area contributed by atoms with Crippen LogP contribution in [0.2, 0.25) is 0 Å². The molecule has 138 valence electrons. The molecule has 26 heavy (non-hydrogen) atoms. The number of urea groups is 1. The van der Waals surface area contributed by atoms with E-state index < -0.39 is 0 Å². The first-order valence-corrected chi connectivity index (χ1v) is 9.05. The van der Waals surface area contributed by atoms with Crippen LogP contribution in [0.15, 0.2) is 42.5 Å². The molecule has 3 rings (SSSR count). The SMILES string of the molecule is COc1ccc(C)cc1N1CCN(C(=O)NCc2ccc(C)cc2)CC1. The molecule has 2 aromatic carbocycles. The number of piperazine rings is 1. The van der Waals surface area contributed by atoms with Crippen LogP contribution in [-0.4, -0.2) is 44.2 Å². The van der Waals surface area contributed by atoms with Crippen molar-refractivity contribution in [2.75, 3.05) is 38.2 Å². The number of carbonyl (C=O) groups excluding carboxylic acids is 1. The number of anilines is 1. The van der Waals surface area contributed by atoms with Gasteiger partial charge in [-0.05, 0) is 37.1 Å². The summed E-state index contributed by atoms with van der Waals surface area (Å²) in [6, 6.07) is 14.4. The normalized spacial score (nSPS) is 14.3. The Bertz CT molecular complexity index is 750. The molecule has 1 fully saturated rings. The minimum absolute atomic E-state index is 0.00133. The summed E-state index contributed by atoms with van der Waals surface area (Å²) in [6.07, 6.45) is 0. The lowest BCUT2D eigenvalue weighted by atomic mass is 10.1. The lowest BCUT2D eigenvalue weighted by Gasteiger charge is -2.36. The van der Waals surface area contributed by atoms with E-state index >= 15 is 0 Å². The van der Waals surface area contributed by atoms with E-state index in [1.807, 2.05) is 11.0 Å². The van der Waals surface area contributed by atoms with Crippen molar-refractivity contribution in [3.63, 3.8) is 0 Å². The highest BCUT2D eigenvalue weighted by Gasteiger charge is 2.22. The average Bonchev–Trinajstić information content (AvgIpc) is 2.67. The Morgan fingerprint density at radius 3 is 2.31 bits per heavy atom. The standard InChI is InChI=1S/C21H27N3O2/c1-16-4-7-18(8-5-16)15-22-21(25)24-12-10-23(11-13-24)19-14-17(2)6-9-20(19)26-3/h4-9,14H,10-13,15H2,1-3H3,(H,22,25). The van der Waals surface area contributed by atoms with Gasteiger partial charge in [-0.3, -0.25) is 0 Å². The molecule has 2 amide bonds. The Morgan fingerprint density at radius 1 is 1.00 bits per heavy atom. The Labute approximate surface area is 155 Å². The molecule has 0 radical (unpaired) electrons. The molecule has 1 aliphatic heterocycles. The van der Waals surface area contributed by atoms with Crippen LogP contribution < -0.4 is 15.0 Å². The maximum atomic E-state index is 12.4. The van der Waals surface area contributed by atoms with E-state index in [2.05, 4.69) is 60.5 Å². The summed E-state index contributed by atoms with van der Waals surface area (Å²) in [5.41, 5.74) is 4.65. The van der Waals surface area contributed by atoms with Gasteiger partial charge in [0.1, 0.15) is 5.75 Å². The summed E-state index contributed by atoms with van der Waals surface area (Å²) in [6.45, 7) is 7.72. The van der Waals surface area contributed by atoms with Crippen molar-refractivity contribution < 1.29 is 9.53 Å². The Morgan fingerprint density at radius 2 is 1.65 bits per heavy atom. The van der Waals surface area contributed by atoms with Crippen molar-refractivity contribution in [1.29, 1.82) is 0 Å². The molecule has 5 heteroatoms. The minimum atomic E-state index is 0.00133. The fraction of sp³-hybridized carbons (Fsp3) is 0.381. The number of methoxy groups -OCH3 is 1. The van der Waals surface area contributed by atoms with Gasteiger partial charge in [0.05, 0.1) is 12.8 Å². The Hall–Kier alpha value is -2.69. The largest absolute Gasteiger partial charge is 0.495 e. The summed E-state index contributed by atoms with van der Waals surface area (Å²) in [4.78, 5) is 16.6. The minimum Gasteiger partial charge on any atom is -0.495 e. The molecule has 0 unspecified atom stereocenters. The lowest BCUT2D eigenvalue weighted by Crippen LogP contribution is -2.51. The predicted molar refractivity (Wildman–Crippen MR) is 105 cm³/mol. The monoisotopic (exact) mass is 353 g/mol. The van der Waals surface area contributed by atoms with Crippen LogP contribution in [0.3, 0.4) is 0 Å². The van der Waals surface area contributed by atoms with Crippen LogP contribution in [-0.2, 0) is 6.54 Å². The van der Waals surface area contributed by atoms with Crippen molar-refractivity contribution in [3.05, 3.63) is 59.2 Å². The third kappa shape index (κ3) is 4.28. The summed E-state index contributed by atoms with van der Waals surface area (Å²) in [5.74, 6) is 0.882. The van der Waals surface area contributed by atoms with E-state index in [0.29, 0.717) is 19.6 Å². The molecule has 0 aliphatic carbocycles. The molecule has 1 N–H and O–H groups in total. The molecule has 1 aliphatic rings. The number of aryl methyl sites for hydroxylation is 2. The van der Waals surface area contributed by atoms with Gasteiger partial charge in [0.2, 0.25) is 0 Å². The summed E-state index contributed by atoms with van der Waals surface area (Å²) in [7, 11) is 1.70. The number of benzene rings is 2. The Kier molecular flexibility index (Phi) is 5.66. The molecule has 0 spiro atoms. The van der Waals surface area contributed by atoms with E-state index in [9.17, 15) is 4.79 Å². The highest BCUT2D eigenvalue weighted by Crippen LogP contribution is 2.30. The van der Waals surface area contributed by atoms with Crippen LogP contribution in [0.5, 0.6) is 5.75 Å². The van der Waals surface area contributed by atoms with Gasteiger partial charge in [0.15, 0.2) is 0 Å². The van der Waals surface area contributed by atoms with Gasteiger partial charge in [-0.15, -0.1) is 0 Å². The molecule has 1 saturated heterocycles. The number of carbonyl (C=O) groups is 1. The van der Waals surface area contributed by atoms with Gasteiger partial charge < -0.3 is 19.9 Å². The van der Waals surface area contributed by atoms with Crippen LogP contribution >= 0.6 is 0 Å². The number of hydrogen-bond acceptors (Lipinski definition) is 3. The van der Waals surface area contributed by atoms with E-state index in [1.165, 1.54) is 11.1 Å². The first kappa shape index (κ1) is 18.1. The fourth-order valence-corrected chi connectivity index (χ4v) is 3.19. The number of nitrogens with one attached hydrogen (secondary N) is 1. The number of nitrogens with zero attached hydrogens (tertiary/aromatic N) is 2. The van der Waals surface area contributed by atoms with Gasteiger partial charge in [-0.1, -0.05) is 35.9 Å². The molecule has 5 nitrogen and oxygen atoms in total. The zero-order valence-electron chi connectivity index (χ0n) is 15.8. The maximum absolute atomic E-state index is 12.4. The molecule has 0 aromatic heterocycles. The molecule has 0 saturated carbocycles. The second-order valence-corrected chi connectivity index (χ2v) is 6.79. The average molecular weight is 353 g/mol. The maximum Gasteiger partial charge on any atom is 0.317 e. The van der Waals surface area contributed by atoms with Crippen molar-refractivity contribution in [3.8, 4) is 5.75 Å². The smallest absolute Gasteiger partial charge is 0.317 e. The third-order valence-corrected chi connectivity index (χ3v) is 4.81. The first-order chi connectivity index (χ1) is 12.6. The van der Waals surface area contributed by atoms with Gasteiger partial charge in [-0.2, -0.15) is 0 Å². The van der Waals surface area contributed by atoms with Gasteiger partial charge in [0.25, 0.3) is 0 Å². The summed E-state index contributed by atoms with van der Waals surface area (Å²) in [5, 5.41) is 3.02. The van der Waals surface area contributed by atoms with Crippen molar-refractivity contribution in [2.45, 2.75) is 20.4 Å². The third-order valence-electron chi connectivity index (χ3n) is 4.81. The molecule has 0 bridgehead atoms. The molecule has 0 atom stereocenters. The van der Waals surface area contributed by atoms with Crippen LogP contribution in [0.4, 0.5) is 10.5 Å². The first-order valence-electron chi connectivity index (χ1n) is 9.05.